The summed E-state index contributed by atoms with van der Waals surface area (Å²) in [6, 6.07) is 7.73. The number of fused-ring (bicyclic) bond motifs is 1. The van der Waals surface area contributed by atoms with E-state index in [0.29, 0.717) is 11.3 Å². The molecule has 2 heterocycles. The first kappa shape index (κ1) is 14.4. The fourth-order valence-electron chi connectivity index (χ4n) is 2.05. The standard InChI is InChI=1S/C15H12O6S/c1-9-3-4-10(19-9)7-14-15(16)12-6-5-11(8-13(12)20-14)21-22(2,17)18/h3-8H,1-2H3/b14-7-. The normalized spacial score (nSPS) is 15.7. The molecule has 0 radical (unpaired) electrons. The Bertz CT molecular complexity index is 889. The van der Waals surface area contributed by atoms with Crippen molar-refractivity contribution in [3.05, 3.63) is 53.2 Å². The van der Waals surface area contributed by atoms with Gasteiger partial charge >= 0.3 is 10.1 Å². The van der Waals surface area contributed by atoms with Crippen LogP contribution in [0.1, 0.15) is 21.9 Å². The molecule has 0 atom stereocenters. The second-order valence-electron chi connectivity index (χ2n) is 4.83. The van der Waals surface area contributed by atoms with Gasteiger partial charge in [0.15, 0.2) is 5.76 Å². The van der Waals surface area contributed by atoms with Crippen LogP contribution < -0.4 is 8.92 Å². The van der Waals surface area contributed by atoms with E-state index in [0.717, 1.165) is 12.0 Å². The SMILES string of the molecule is Cc1ccc(/C=C2\Oc3cc(OS(C)(=O)=O)ccc3C2=O)o1. The predicted molar refractivity (Wildman–Crippen MR) is 78.3 cm³/mol. The summed E-state index contributed by atoms with van der Waals surface area (Å²) in [5, 5.41) is 0. The Morgan fingerprint density at radius 1 is 1.18 bits per heavy atom. The highest BCUT2D eigenvalue weighted by Gasteiger charge is 2.28. The van der Waals surface area contributed by atoms with Crippen LogP contribution in [0.4, 0.5) is 0 Å². The molecule has 0 unspecified atom stereocenters. The van der Waals surface area contributed by atoms with Crippen LogP contribution in [0.5, 0.6) is 11.5 Å². The molecule has 0 saturated heterocycles. The number of benzene rings is 1. The lowest BCUT2D eigenvalue weighted by molar-refractivity contribution is 0.101. The second kappa shape index (κ2) is 5.03. The Morgan fingerprint density at radius 2 is 1.95 bits per heavy atom. The van der Waals surface area contributed by atoms with Crippen molar-refractivity contribution in [3.63, 3.8) is 0 Å². The first-order valence-electron chi connectivity index (χ1n) is 6.36. The van der Waals surface area contributed by atoms with Crippen molar-refractivity contribution in [1.29, 1.82) is 0 Å². The summed E-state index contributed by atoms with van der Waals surface area (Å²) in [6.07, 6.45) is 2.43. The van der Waals surface area contributed by atoms with Crippen LogP contribution in [0.3, 0.4) is 0 Å². The molecule has 1 aromatic carbocycles. The summed E-state index contributed by atoms with van der Waals surface area (Å²) in [6.45, 7) is 1.79. The molecule has 0 spiro atoms. The summed E-state index contributed by atoms with van der Waals surface area (Å²) in [7, 11) is -3.64. The van der Waals surface area contributed by atoms with E-state index in [-0.39, 0.29) is 23.0 Å². The van der Waals surface area contributed by atoms with Crippen molar-refractivity contribution in [2.45, 2.75) is 6.92 Å². The summed E-state index contributed by atoms with van der Waals surface area (Å²) >= 11 is 0. The van der Waals surface area contributed by atoms with Gasteiger partial charge in [-0.1, -0.05) is 0 Å². The van der Waals surface area contributed by atoms with Crippen molar-refractivity contribution in [2.75, 3.05) is 6.26 Å². The molecule has 3 rings (SSSR count). The molecule has 0 amide bonds. The highest BCUT2D eigenvalue weighted by molar-refractivity contribution is 7.86. The largest absolute Gasteiger partial charge is 0.462 e. The third-order valence-corrected chi connectivity index (χ3v) is 3.42. The van der Waals surface area contributed by atoms with Crippen LogP contribution in [0.2, 0.25) is 0 Å². The van der Waals surface area contributed by atoms with Gasteiger partial charge in [-0.15, -0.1) is 0 Å². The lowest BCUT2D eigenvalue weighted by Crippen LogP contribution is -2.05. The molecule has 1 aliphatic heterocycles. The summed E-state index contributed by atoms with van der Waals surface area (Å²) in [5.41, 5.74) is 0.343. The van der Waals surface area contributed by atoms with E-state index in [2.05, 4.69) is 0 Å². The summed E-state index contributed by atoms with van der Waals surface area (Å²) in [4.78, 5) is 12.2. The zero-order valence-electron chi connectivity index (χ0n) is 11.8. The number of ketones is 1. The molecule has 0 aliphatic carbocycles. The molecule has 1 aliphatic rings. The van der Waals surface area contributed by atoms with Gasteiger partial charge in [0.1, 0.15) is 23.0 Å². The molecule has 7 heteroatoms. The minimum atomic E-state index is -3.64. The van der Waals surface area contributed by atoms with Crippen LogP contribution in [0.15, 0.2) is 40.5 Å². The first-order valence-corrected chi connectivity index (χ1v) is 8.18. The van der Waals surface area contributed by atoms with Gasteiger partial charge < -0.3 is 13.3 Å². The maximum absolute atomic E-state index is 12.2. The average Bonchev–Trinajstić information content (AvgIpc) is 2.93. The highest BCUT2D eigenvalue weighted by atomic mass is 32.2. The van der Waals surface area contributed by atoms with E-state index in [1.807, 2.05) is 0 Å². The van der Waals surface area contributed by atoms with E-state index in [4.69, 9.17) is 13.3 Å². The number of aryl methyl sites for hydroxylation is 1. The number of ether oxygens (including phenoxy) is 1. The zero-order chi connectivity index (χ0) is 15.9. The highest BCUT2D eigenvalue weighted by Crippen LogP contribution is 2.35. The van der Waals surface area contributed by atoms with Gasteiger partial charge in [-0.3, -0.25) is 4.79 Å². The third kappa shape index (κ3) is 2.89. The molecule has 22 heavy (non-hydrogen) atoms. The number of hydrogen-bond donors (Lipinski definition) is 0. The maximum Gasteiger partial charge on any atom is 0.306 e. The van der Waals surface area contributed by atoms with E-state index in [1.165, 1.54) is 24.3 Å². The molecule has 0 N–H and O–H groups in total. The van der Waals surface area contributed by atoms with Gasteiger partial charge in [-0.2, -0.15) is 8.42 Å². The number of carbonyl (C=O) groups is 1. The van der Waals surface area contributed by atoms with Crippen molar-refractivity contribution < 1.29 is 26.5 Å². The number of furan rings is 1. The van der Waals surface area contributed by atoms with Crippen LogP contribution in [-0.4, -0.2) is 20.5 Å². The Kier molecular flexibility index (Phi) is 3.29. The fourth-order valence-corrected chi connectivity index (χ4v) is 2.51. The molecule has 0 bridgehead atoms. The second-order valence-corrected chi connectivity index (χ2v) is 6.41. The average molecular weight is 320 g/mol. The lowest BCUT2D eigenvalue weighted by atomic mass is 10.1. The number of hydrogen-bond acceptors (Lipinski definition) is 6. The number of Topliss-reactive ketones (excluding diaryl/α,β-unsaturated/α-hetero) is 1. The van der Waals surface area contributed by atoms with Gasteiger partial charge in [0.05, 0.1) is 11.8 Å². The molecular weight excluding hydrogens is 308 g/mol. The zero-order valence-corrected chi connectivity index (χ0v) is 12.6. The molecule has 2 aromatic rings. The van der Waals surface area contributed by atoms with E-state index < -0.39 is 10.1 Å². The van der Waals surface area contributed by atoms with Gasteiger partial charge in [0.2, 0.25) is 5.78 Å². The van der Waals surface area contributed by atoms with Crippen LogP contribution in [0, 0.1) is 6.92 Å². The number of carbonyl (C=O) groups excluding carboxylic acids is 1. The fraction of sp³-hybridized carbons (Fsp3) is 0.133. The smallest absolute Gasteiger partial charge is 0.306 e. The summed E-state index contributed by atoms with van der Waals surface area (Å²) < 4.78 is 37.8. The molecule has 114 valence electrons. The van der Waals surface area contributed by atoms with Crippen molar-refractivity contribution in [1.82, 2.24) is 0 Å². The van der Waals surface area contributed by atoms with Crippen molar-refractivity contribution in [3.8, 4) is 11.5 Å². The van der Waals surface area contributed by atoms with Crippen LogP contribution in [-0.2, 0) is 10.1 Å². The summed E-state index contributed by atoms with van der Waals surface area (Å²) in [5.74, 6) is 1.38. The van der Waals surface area contributed by atoms with E-state index in [1.54, 1.807) is 19.1 Å². The third-order valence-electron chi connectivity index (χ3n) is 2.92. The Hall–Kier alpha value is -2.54. The monoisotopic (exact) mass is 320 g/mol. The Balaban J connectivity index is 1.92. The Labute approximate surface area is 127 Å². The van der Waals surface area contributed by atoms with Gasteiger partial charge in [-0.25, -0.2) is 0 Å². The predicted octanol–water partition coefficient (Wildman–Crippen LogP) is 2.54. The quantitative estimate of drug-likeness (QED) is 0.638. The van der Waals surface area contributed by atoms with Crippen LogP contribution >= 0.6 is 0 Å². The Morgan fingerprint density at radius 3 is 2.59 bits per heavy atom. The van der Waals surface area contributed by atoms with Crippen molar-refractivity contribution >= 4 is 22.0 Å². The van der Waals surface area contributed by atoms with E-state index in [9.17, 15) is 13.2 Å². The molecule has 0 fully saturated rings. The van der Waals surface area contributed by atoms with Crippen LogP contribution in [0.25, 0.3) is 6.08 Å². The molecule has 6 nitrogen and oxygen atoms in total. The first-order chi connectivity index (χ1) is 10.3. The molecule has 0 saturated carbocycles. The number of rotatable bonds is 3. The van der Waals surface area contributed by atoms with Crippen molar-refractivity contribution in [2.24, 2.45) is 0 Å². The van der Waals surface area contributed by atoms with E-state index >= 15 is 0 Å². The minimum Gasteiger partial charge on any atom is -0.462 e. The minimum absolute atomic E-state index is 0.0872. The lowest BCUT2D eigenvalue weighted by Gasteiger charge is -2.03. The van der Waals surface area contributed by atoms with Gasteiger partial charge in [0.25, 0.3) is 0 Å². The molecular formula is C15H12O6S. The van der Waals surface area contributed by atoms with Gasteiger partial charge in [-0.05, 0) is 31.2 Å². The maximum atomic E-state index is 12.2. The van der Waals surface area contributed by atoms with Gasteiger partial charge in [0, 0.05) is 12.1 Å². The number of allylic oxidation sites excluding steroid dienone is 1. The molecule has 1 aromatic heterocycles. The topological polar surface area (TPSA) is 82.8 Å².